The predicted octanol–water partition coefficient (Wildman–Crippen LogP) is 6.21. The number of hydrogen-bond acceptors (Lipinski definition) is 4. The first-order valence-electron chi connectivity index (χ1n) is 11.0. The fraction of sp³-hybridized carbons (Fsp3) is 0.909. The van der Waals surface area contributed by atoms with Crippen LogP contribution in [-0.2, 0) is 19.1 Å². The molecule has 0 aliphatic rings. The SMILES string of the molecule is CCCCCCCCOC(=O)C(CCC)C(=O)OCCCCCCCC. The van der Waals surface area contributed by atoms with Gasteiger partial charge in [0.2, 0.25) is 0 Å². The Morgan fingerprint density at radius 3 is 1.35 bits per heavy atom. The van der Waals surface area contributed by atoms with Crippen molar-refractivity contribution < 1.29 is 19.1 Å². The van der Waals surface area contributed by atoms with Crippen molar-refractivity contribution in [2.24, 2.45) is 5.92 Å². The molecule has 0 unspecified atom stereocenters. The number of esters is 2. The quantitative estimate of drug-likeness (QED) is 0.163. The van der Waals surface area contributed by atoms with E-state index in [0.29, 0.717) is 19.6 Å². The molecule has 0 bridgehead atoms. The van der Waals surface area contributed by atoms with Crippen LogP contribution in [0.3, 0.4) is 0 Å². The first kappa shape index (κ1) is 24.9. The van der Waals surface area contributed by atoms with Crippen LogP contribution in [0.15, 0.2) is 0 Å². The summed E-state index contributed by atoms with van der Waals surface area (Å²) in [4.78, 5) is 24.4. The van der Waals surface area contributed by atoms with E-state index in [1.807, 2.05) is 6.92 Å². The molecule has 0 radical (unpaired) electrons. The molecule has 0 spiro atoms. The average molecular weight is 371 g/mol. The lowest BCUT2D eigenvalue weighted by atomic mass is 10.0. The first-order valence-corrected chi connectivity index (χ1v) is 11.0. The van der Waals surface area contributed by atoms with Crippen molar-refractivity contribution in [3.63, 3.8) is 0 Å². The number of hydrogen-bond donors (Lipinski definition) is 0. The molecular formula is C22H42O4. The molecule has 0 amide bonds. The van der Waals surface area contributed by atoms with Gasteiger partial charge >= 0.3 is 11.9 Å². The number of carbonyl (C=O) groups excluding carboxylic acids is 2. The van der Waals surface area contributed by atoms with Crippen LogP contribution in [0.4, 0.5) is 0 Å². The van der Waals surface area contributed by atoms with Gasteiger partial charge in [0.15, 0.2) is 5.92 Å². The Hall–Kier alpha value is -1.06. The smallest absolute Gasteiger partial charge is 0.320 e. The Kier molecular flexibility index (Phi) is 18.0. The minimum atomic E-state index is -0.750. The molecule has 0 atom stereocenters. The van der Waals surface area contributed by atoms with Gasteiger partial charge in [-0.25, -0.2) is 0 Å². The van der Waals surface area contributed by atoms with E-state index >= 15 is 0 Å². The Morgan fingerprint density at radius 2 is 0.962 bits per heavy atom. The standard InChI is InChI=1S/C22H42O4/c1-4-7-9-11-13-15-18-25-21(23)20(17-6-3)22(24)26-19-16-14-12-10-8-5-2/h20H,4-19H2,1-3H3. The van der Waals surface area contributed by atoms with E-state index in [4.69, 9.17) is 9.47 Å². The zero-order valence-corrected chi connectivity index (χ0v) is 17.5. The van der Waals surface area contributed by atoms with E-state index in [9.17, 15) is 9.59 Å². The minimum absolute atomic E-state index is 0.409. The molecule has 0 heterocycles. The second-order valence-electron chi connectivity index (χ2n) is 7.21. The monoisotopic (exact) mass is 370 g/mol. The molecule has 0 fully saturated rings. The number of carbonyl (C=O) groups is 2. The molecule has 4 nitrogen and oxygen atoms in total. The van der Waals surface area contributed by atoms with Gasteiger partial charge in [-0.2, -0.15) is 0 Å². The third-order valence-electron chi connectivity index (χ3n) is 4.63. The molecule has 4 heteroatoms. The maximum Gasteiger partial charge on any atom is 0.320 e. The predicted molar refractivity (Wildman–Crippen MR) is 107 cm³/mol. The maximum absolute atomic E-state index is 12.2. The highest BCUT2D eigenvalue weighted by Gasteiger charge is 2.28. The van der Waals surface area contributed by atoms with Gasteiger partial charge in [0, 0.05) is 0 Å². The molecule has 0 saturated heterocycles. The van der Waals surface area contributed by atoms with Crippen LogP contribution in [0.5, 0.6) is 0 Å². The van der Waals surface area contributed by atoms with E-state index in [1.54, 1.807) is 0 Å². The lowest BCUT2D eigenvalue weighted by molar-refractivity contribution is -0.162. The highest BCUT2D eigenvalue weighted by Crippen LogP contribution is 2.13. The summed E-state index contributed by atoms with van der Waals surface area (Å²) in [5.74, 6) is -1.57. The fourth-order valence-electron chi connectivity index (χ4n) is 2.93. The number of rotatable bonds is 18. The van der Waals surface area contributed by atoms with Crippen molar-refractivity contribution in [1.29, 1.82) is 0 Å². The topological polar surface area (TPSA) is 52.6 Å². The minimum Gasteiger partial charge on any atom is -0.465 e. The summed E-state index contributed by atoms with van der Waals surface area (Å²) >= 11 is 0. The van der Waals surface area contributed by atoms with Crippen molar-refractivity contribution in [1.82, 2.24) is 0 Å². The third kappa shape index (κ3) is 14.1. The molecule has 0 aliphatic carbocycles. The van der Waals surface area contributed by atoms with Gasteiger partial charge in [0.05, 0.1) is 13.2 Å². The summed E-state index contributed by atoms with van der Waals surface area (Å²) in [6.07, 6.45) is 15.0. The summed E-state index contributed by atoms with van der Waals surface area (Å²) in [6.45, 7) is 7.18. The number of unbranched alkanes of at least 4 members (excludes halogenated alkanes) is 10. The summed E-state index contributed by atoms with van der Waals surface area (Å²) in [6, 6.07) is 0. The summed E-state index contributed by atoms with van der Waals surface area (Å²) < 4.78 is 10.6. The van der Waals surface area contributed by atoms with Crippen LogP contribution in [0.1, 0.15) is 111 Å². The first-order chi connectivity index (χ1) is 12.7. The van der Waals surface area contributed by atoms with Crippen LogP contribution >= 0.6 is 0 Å². The molecule has 0 aromatic rings. The Balaban J connectivity index is 3.92. The fourth-order valence-corrected chi connectivity index (χ4v) is 2.93. The molecule has 0 aromatic carbocycles. The second kappa shape index (κ2) is 18.7. The van der Waals surface area contributed by atoms with Crippen molar-refractivity contribution in [2.75, 3.05) is 13.2 Å². The Labute approximate surface area is 161 Å². The van der Waals surface area contributed by atoms with Crippen molar-refractivity contribution in [3.05, 3.63) is 0 Å². The van der Waals surface area contributed by atoms with E-state index in [2.05, 4.69) is 13.8 Å². The molecule has 26 heavy (non-hydrogen) atoms. The molecule has 0 N–H and O–H groups in total. The third-order valence-corrected chi connectivity index (χ3v) is 4.63. The number of ether oxygens (including phenoxy) is 2. The summed E-state index contributed by atoms with van der Waals surface area (Å²) in [7, 11) is 0. The Morgan fingerprint density at radius 1 is 0.577 bits per heavy atom. The van der Waals surface area contributed by atoms with Crippen molar-refractivity contribution in [3.8, 4) is 0 Å². The van der Waals surface area contributed by atoms with Gasteiger partial charge in [-0.05, 0) is 19.3 Å². The summed E-state index contributed by atoms with van der Waals surface area (Å²) in [5, 5.41) is 0. The lowest BCUT2D eigenvalue weighted by Gasteiger charge is -2.14. The van der Waals surface area contributed by atoms with Gasteiger partial charge < -0.3 is 9.47 Å². The molecule has 154 valence electrons. The average Bonchev–Trinajstić information content (AvgIpc) is 2.64. The molecule has 0 saturated carbocycles. The van der Waals surface area contributed by atoms with Gasteiger partial charge in [0.1, 0.15) is 0 Å². The van der Waals surface area contributed by atoms with Gasteiger partial charge in [-0.1, -0.05) is 91.4 Å². The van der Waals surface area contributed by atoms with Crippen LogP contribution in [0, 0.1) is 5.92 Å². The van der Waals surface area contributed by atoms with E-state index in [1.165, 1.54) is 51.4 Å². The highest BCUT2D eigenvalue weighted by molar-refractivity contribution is 5.94. The van der Waals surface area contributed by atoms with Gasteiger partial charge in [0.25, 0.3) is 0 Å². The second-order valence-corrected chi connectivity index (χ2v) is 7.21. The Bertz CT molecular complexity index is 311. The van der Waals surface area contributed by atoms with Crippen LogP contribution in [0.2, 0.25) is 0 Å². The van der Waals surface area contributed by atoms with E-state index in [-0.39, 0.29) is 0 Å². The van der Waals surface area contributed by atoms with Crippen LogP contribution in [0.25, 0.3) is 0 Å². The van der Waals surface area contributed by atoms with Gasteiger partial charge in [-0.15, -0.1) is 0 Å². The molecule has 0 rings (SSSR count). The van der Waals surface area contributed by atoms with Crippen LogP contribution in [-0.4, -0.2) is 25.2 Å². The summed E-state index contributed by atoms with van der Waals surface area (Å²) in [5.41, 5.74) is 0. The zero-order chi connectivity index (χ0) is 19.5. The lowest BCUT2D eigenvalue weighted by Crippen LogP contribution is -2.28. The van der Waals surface area contributed by atoms with Gasteiger partial charge in [-0.3, -0.25) is 9.59 Å². The highest BCUT2D eigenvalue weighted by atomic mass is 16.6. The van der Waals surface area contributed by atoms with E-state index < -0.39 is 17.9 Å². The molecular weight excluding hydrogens is 328 g/mol. The normalized spacial score (nSPS) is 10.9. The van der Waals surface area contributed by atoms with Crippen molar-refractivity contribution >= 4 is 11.9 Å². The maximum atomic E-state index is 12.2. The molecule has 0 aliphatic heterocycles. The molecule has 0 aromatic heterocycles. The van der Waals surface area contributed by atoms with E-state index in [0.717, 1.165) is 32.1 Å². The largest absolute Gasteiger partial charge is 0.465 e. The van der Waals surface area contributed by atoms with Crippen molar-refractivity contribution in [2.45, 2.75) is 111 Å². The van der Waals surface area contributed by atoms with Crippen LogP contribution < -0.4 is 0 Å². The zero-order valence-electron chi connectivity index (χ0n) is 17.5.